The van der Waals surface area contributed by atoms with Gasteiger partial charge in [-0.1, -0.05) is 11.6 Å². The first-order valence-electron chi connectivity index (χ1n) is 5.47. The van der Waals surface area contributed by atoms with Crippen molar-refractivity contribution < 1.29 is 18.4 Å². The number of nitrogens with one attached hydrogen (secondary N) is 1. The molecule has 1 heterocycles. The number of nitrogens with zero attached hydrogens (tertiary/aromatic N) is 2. The first kappa shape index (κ1) is 14.0. The Morgan fingerprint density at radius 2 is 1.94 bits per heavy atom. The van der Waals surface area contributed by atoms with Crippen molar-refractivity contribution in [1.82, 2.24) is 10.4 Å². The molecule has 1 unspecified atom stereocenters. The summed E-state index contributed by atoms with van der Waals surface area (Å²) in [7, 11) is 0. The maximum atomic E-state index is 12.6. The zero-order chi connectivity index (χ0) is 12.9. The Morgan fingerprint density at radius 1 is 1.35 bits per heavy atom. The highest BCUT2D eigenvalue weighted by Crippen LogP contribution is 2.26. The van der Waals surface area contributed by atoms with Gasteiger partial charge in [-0.05, 0) is 12.8 Å². The molecule has 5 nitrogen and oxygen atoms in total. The van der Waals surface area contributed by atoms with E-state index in [0.29, 0.717) is 0 Å². The number of alkyl halides is 3. The van der Waals surface area contributed by atoms with Crippen LogP contribution in [0.2, 0.25) is 0 Å². The van der Waals surface area contributed by atoms with Crippen LogP contribution in [0.25, 0.3) is 0 Å². The van der Waals surface area contributed by atoms with Gasteiger partial charge in [-0.15, -0.1) is 0 Å². The van der Waals surface area contributed by atoms with Crippen molar-refractivity contribution in [1.29, 1.82) is 0 Å². The van der Waals surface area contributed by atoms with Crippen molar-refractivity contribution in [3.63, 3.8) is 0 Å². The van der Waals surface area contributed by atoms with Gasteiger partial charge in [0.25, 0.3) is 0 Å². The van der Waals surface area contributed by atoms with Gasteiger partial charge in [0.05, 0.1) is 0 Å². The highest BCUT2D eigenvalue weighted by Gasteiger charge is 2.42. The van der Waals surface area contributed by atoms with E-state index in [9.17, 15) is 13.2 Å². The lowest BCUT2D eigenvalue weighted by Crippen LogP contribution is -2.49. The molecule has 17 heavy (non-hydrogen) atoms. The summed E-state index contributed by atoms with van der Waals surface area (Å²) in [6, 6.07) is 0. The lowest BCUT2D eigenvalue weighted by Gasteiger charge is -2.29. The summed E-state index contributed by atoms with van der Waals surface area (Å²) in [6.07, 6.45) is -1.49. The van der Waals surface area contributed by atoms with Crippen LogP contribution in [-0.4, -0.2) is 41.9 Å². The zero-order valence-electron chi connectivity index (χ0n) is 9.37. The van der Waals surface area contributed by atoms with Gasteiger partial charge in [0.2, 0.25) is 0 Å². The van der Waals surface area contributed by atoms with Crippen LogP contribution in [-0.2, 0) is 0 Å². The van der Waals surface area contributed by atoms with Crippen molar-refractivity contribution >= 4 is 5.84 Å². The van der Waals surface area contributed by atoms with E-state index in [1.54, 1.807) is 5.01 Å². The molecule has 0 bridgehead atoms. The summed E-state index contributed by atoms with van der Waals surface area (Å²) in [5, 5.41) is 12.5. The normalized spacial score (nSPS) is 21.5. The molecule has 1 aliphatic rings. The second-order valence-corrected chi connectivity index (χ2v) is 4.03. The number of hydrazine groups is 1. The third kappa shape index (κ3) is 4.39. The molecule has 100 valence electrons. The van der Waals surface area contributed by atoms with Crippen molar-refractivity contribution in [3.05, 3.63) is 0 Å². The van der Waals surface area contributed by atoms with Crippen LogP contribution >= 0.6 is 0 Å². The average Bonchev–Trinajstić information content (AvgIpc) is 2.28. The van der Waals surface area contributed by atoms with E-state index in [1.165, 1.54) is 0 Å². The predicted molar refractivity (Wildman–Crippen MR) is 56.4 cm³/mol. The molecule has 1 saturated heterocycles. The van der Waals surface area contributed by atoms with Gasteiger partial charge in [-0.3, -0.25) is 5.43 Å². The Morgan fingerprint density at radius 3 is 2.41 bits per heavy atom. The van der Waals surface area contributed by atoms with E-state index < -0.39 is 24.5 Å². The van der Waals surface area contributed by atoms with Crippen molar-refractivity contribution in [3.8, 4) is 0 Å². The molecule has 0 amide bonds. The Balaban J connectivity index is 2.49. The van der Waals surface area contributed by atoms with Crippen LogP contribution in [0.1, 0.15) is 19.3 Å². The average molecular weight is 254 g/mol. The van der Waals surface area contributed by atoms with Crippen LogP contribution in [0.3, 0.4) is 0 Å². The van der Waals surface area contributed by atoms with Gasteiger partial charge in [0.15, 0.2) is 5.84 Å². The van der Waals surface area contributed by atoms with E-state index in [1.807, 2.05) is 0 Å². The molecule has 0 saturated carbocycles. The number of hydrogen-bond acceptors (Lipinski definition) is 4. The Labute approximate surface area is 97.4 Å². The largest absolute Gasteiger partial charge is 0.409 e. The first-order chi connectivity index (χ1) is 7.95. The number of nitrogens with two attached hydrogens (primary N) is 1. The highest BCUT2D eigenvalue weighted by atomic mass is 19.4. The topological polar surface area (TPSA) is 73.9 Å². The molecule has 0 aromatic rings. The van der Waals surface area contributed by atoms with Crippen LogP contribution in [0.4, 0.5) is 13.2 Å². The van der Waals surface area contributed by atoms with Gasteiger partial charge < -0.3 is 10.9 Å². The van der Waals surface area contributed by atoms with Crippen LogP contribution in [0, 0.1) is 5.92 Å². The zero-order valence-corrected chi connectivity index (χ0v) is 9.37. The van der Waals surface area contributed by atoms with Crippen molar-refractivity contribution in [2.24, 2.45) is 16.8 Å². The van der Waals surface area contributed by atoms with Crippen LogP contribution in [0.15, 0.2) is 5.16 Å². The Bertz CT molecular complexity index is 263. The number of rotatable bonds is 4. The summed E-state index contributed by atoms with van der Waals surface area (Å²) in [5.41, 5.74) is 7.73. The summed E-state index contributed by atoms with van der Waals surface area (Å²) in [5.74, 6) is -2.78. The second-order valence-electron chi connectivity index (χ2n) is 4.03. The molecule has 1 rings (SSSR count). The van der Waals surface area contributed by atoms with E-state index in [4.69, 9.17) is 10.9 Å². The van der Waals surface area contributed by atoms with Crippen molar-refractivity contribution in [2.45, 2.75) is 25.4 Å². The minimum Gasteiger partial charge on any atom is -0.409 e. The molecule has 0 spiro atoms. The molecule has 1 fully saturated rings. The minimum absolute atomic E-state index is 0.403. The molecule has 1 atom stereocenters. The quantitative estimate of drug-likeness (QED) is 0.301. The maximum Gasteiger partial charge on any atom is 0.400 e. The molecule has 1 aliphatic heterocycles. The Hall–Kier alpha value is -1.02. The van der Waals surface area contributed by atoms with E-state index in [0.717, 1.165) is 32.4 Å². The lowest BCUT2D eigenvalue weighted by atomic mass is 10.1. The molecule has 0 radical (unpaired) electrons. The number of halogens is 3. The molecule has 8 heteroatoms. The summed E-state index contributed by atoms with van der Waals surface area (Å²) in [6.45, 7) is 1.04. The van der Waals surface area contributed by atoms with Gasteiger partial charge in [0.1, 0.15) is 5.92 Å². The van der Waals surface area contributed by atoms with Crippen LogP contribution in [0.5, 0.6) is 0 Å². The number of piperidine rings is 1. The lowest BCUT2D eigenvalue weighted by molar-refractivity contribution is -0.157. The Kier molecular flexibility index (Phi) is 5.01. The van der Waals surface area contributed by atoms with Crippen molar-refractivity contribution in [2.75, 3.05) is 19.6 Å². The molecule has 0 aromatic heterocycles. The second kappa shape index (κ2) is 6.06. The standard InChI is InChI=1S/C9H17F3N4O/c10-9(11,12)7(8(13)15-17)6-14-16-4-2-1-3-5-16/h7,14,17H,1-6H2,(H2,13,15). The molecule has 4 N–H and O–H groups in total. The minimum atomic E-state index is -4.51. The monoisotopic (exact) mass is 254 g/mol. The fraction of sp³-hybridized carbons (Fsp3) is 0.889. The molecular formula is C9H17F3N4O. The summed E-state index contributed by atoms with van der Waals surface area (Å²) in [4.78, 5) is 0. The smallest absolute Gasteiger partial charge is 0.400 e. The maximum absolute atomic E-state index is 12.6. The predicted octanol–water partition coefficient (Wildman–Crippen LogP) is 0.902. The van der Waals surface area contributed by atoms with Gasteiger partial charge in [-0.2, -0.15) is 13.2 Å². The van der Waals surface area contributed by atoms with E-state index >= 15 is 0 Å². The number of oxime groups is 1. The molecule has 0 aromatic carbocycles. The fourth-order valence-corrected chi connectivity index (χ4v) is 1.73. The van der Waals surface area contributed by atoms with Crippen LogP contribution < -0.4 is 11.2 Å². The van der Waals surface area contributed by atoms with Gasteiger partial charge in [-0.25, -0.2) is 5.01 Å². The fourth-order valence-electron chi connectivity index (χ4n) is 1.73. The van der Waals surface area contributed by atoms with Gasteiger partial charge in [0, 0.05) is 19.6 Å². The number of amidine groups is 1. The molecule has 0 aliphatic carbocycles. The summed E-state index contributed by atoms with van der Waals surface area (Å²) < 4.78 is 37.7. The highest BCUT2D eigenvalue weighted by molar-refractivity contribution is 5.83. The van der Waals surface area contributed by atoms with Gasteiger partial charge >= 0.3 is 6.18 Å². The number of hydrogen-bond donors (Lipinski definition) is 3. The SMILES string of the molecule is NC(=NO)C(CNN1CCCCC1)C(F)(F)F. The summed E-state index contributed by atoms with van der Waals surface area (Å²) >= 11 is 0. The molecular weight excluding hydrogens is 237 g/mol. The third-order valence-electron chi connectivity index (χ3n) is 2.74. The van der Waals surface area contributed by atoms with E-state index in [-0.39, 0.29) is 0 Å². The first-order valence-corrected chi connectivity index (χ1v) is 5.47. The third-order valence-corrected chi connectivity index (χ3v) is 2.74. The van der Waals surface area contributed by atoms with E-state index in [2.05, 4.69) is 10.6 Å².